The Morgan fingerprint density at radius 3 is 2.85 bits per heavy atom. The lowest BCUT2D eigenvalue weighted by atomic mass is 10.1. The van der Waals surface area contributed by atoms with E-state index in [0.717, 1.165) is 0 Å². The lowest BCUT2D eigenvalue weighted by Gasteiger charge is -2.21. The maximum absolute atomic E-state index is 12.5. The van der Waals surface area contributed by atoms with Crippen LogP contribution in [0.25, 0.3) is 4.96 Å². The quantitative estimate of drug-likeness (QED) is 0.875. The molecule has 0 bridgehead atoms. The second kappa shape index (κ2) is 5.98. The van der Waals surface area contributed by atoms with Crippen LogP contribution in [0.3, 0.4) is 0 Å². The highest BCUT2D eigenvalue weighted by molar-refractivity contribution is 7.89. The summed E-state index contributed by atoms with van der Waals surface area (Å²) in [4.78, 5) is 4.58. The van der Waals surface area contributed by atoms with Crippen molar-refractivity contribution in [3.8, 4) is 0 Å². The molecule has 1 N–H and O–H groups in total. The Kier molecular flexibility index (Phi) is 4.70. The first-order valence-electron chi connectivity index (χ1n) is 5.99. The third-order valence-corrected chi connectivity index (χ3v) is 5.53. The Morgan fingerprint density at radius 2 is 2.25 bits per heavy atom. The third kappa shape index (κ3) is 2.99. The normalized spacial score (nSPS) is 14.2. The zero-order valence-corrected chi connectivity index (χ0v) is 13.7. The molecule has 0 aliphatic heterocycles. The SMILES string of the molecule is COCC(NS(=O)(=O)c1c(Cl)nc2sccn12)C(C)C. The molecule has 1 atom stereocenters. The molecule has 0 spiro atoms. The largest absolute Gasteiger partial charge is 0.383 e. The number of aromatic nitrogens is 2. The van der Waals surface area contributed by atoms with Gasteiger partial charge in [0, 0.05) is 24.7 Å². The number of methoxy groups -OCH3 is 1. The zero-order chi connectivity index (χ0) is 14.9. The molecule has 0 aromatic carbocycles. The number of rotatable bonds is 6. The molecule has 2 rings (SSSR count). The summed E-state index contributed by atoms with van der Waals surface area (Å²) in [5.74, 6) is 0.0920. The van der Waals surface area contributed by atoms with E-state index in [-0.39, 0.29) is 22.1 Å². The second-order valence-corrected chi connectivity index (χ2v) is 7.55. The molecular weight excluding hydrogens is 322 g/mol. The Bertz CT molecular complexity index is 693. The molecule has 0 aliphatic rings. The van der Waals surface area contributed by atoms with Crippen LogP contribution in [-0.2, 0) is 14.8 Å². The number of hydrogen-bond acceptors (Lipinski definition) is 5. The summed E-state index contributed by atoms with van der Waals surface area (Å²) in [6.45, 7) is 4.13. The van der Waals surface area contributed by atoms with E-state index in [9.17, 15) is 8.42 Å². The van der Waals surface area contributed by atoms with Crippen molar-refractivity contribution in [2.24, 2.45) is 5.92 Å². The van der Waals surface area contributed by atoms with Gasteiger partial charge in [-0.1, -0.05) is 25.4 Å². The first-order chi connectivity index (χ1) is 9.36. The van der Waals surface area contributed by atoms with Gasteiger partial charge in [0.05, 0.1) is 6.61 Å². The summed E-state index contributed by atoms with van der Waals surface area (Å²) < 4.78 is 34.2. The number of fused-ring (bicyclic) bond motifs is 1. The van der Waals surface area contributed by atoms with Crippen LogP contribution < -0.4 is 4.72 Å². The van der Waals surface area contributed by atoms with Crippen LogP contribution in [0.4, 0.5) is 0 Å². The smallest absolute Gasteiger partial charge is 0.260 e. The number of imidazole rings is 1. The van der Waals surface area contributed by atoms with Crippen LogP contribution in [0.1, 0.15) is 13.8 Å². The van der Waals surface area contributed by atoms with Gasteiger partial charge in [0.25, 0.3) is 10.0 Å². The topological polar surface area (TPSA) is 72.7 Å². The van der Waals surface area contributed by atoms with Crippen LogP contribution in [0.2, 0.25) is 5.15 Å². The van der Waals surface area contributed by atoms with Gasteiger partial charge >= 0.3 is 0 Å². The fraction of sp³-hybridized carbons (Fsp3) is 0.545. The summed E-state index contributed by atoms with van der Waals surface area (Å²) in [6.07, 6.45) is 1.63. The van der Waals surface area contributed by atoms with Gasteiger partial charge in [0.2, 0.25) is 0 Å². The van der Waals surface area contributed by atoms with Gasteiger partial charge in [-0.15, -0.1) is 11.3 Å². The maximum atomic E-state index is 12.5. The van der Waals surface area contributed by atoms with Crippen molar-refractivity contribution < 1.29 is 13.2 Å². The number of sulfonamides is 1. The van der Waals surface area contributed by atoms with E-state index in [4.69, 9.17) is 16.3 Å². The molecule has 0 saturated heterocycles. The summed E-state index contributed by atoms with van der Waals surface area (Å²) in [7, 11) is -2.23. The number of thiazole rings is 1. The van der Waals surface area contributed by atoms with Gasteiger partial charge in [-0.3, -0.25) is 4.40 Å². The summed E-state index contributed by atoms with van der Waals surface area (Å²) >= 11 is 7.28. The Hall–Kier alpha value is -0.670. The van der Waals surface area contributed by atoms with Crippen molar-refractivity contribution in [3.05, 3.63) is 16.7 Å². The molecule has 0 amide bonds. The molecule has 9 heteroatoms. The Balaban J connectivity index is 2.39. The molecule has 2 aromatic rings. The number of hydrogen-bond donors (Lipinski definition) is 1. The van der Waals surface area contributed by atoms with Crippen LogP contribution in [0.5, 0.6) is 0 Å². The van der Waals surface area contributed by atoms with E-state index in [0.29, 0.717) is 11.6 Å². The number of ether oxygens (including phenoxy) is 1. The molecule has 0 saturated carbocycles. The van der Waals surface area contributed by atoms with Crippen LogP contribution in [0.15, 0.2) is 16.6 Å². The van der Waals surface area contributed by atoms with Crippen LogP contribution in [-0.4, -0.2) is 37.6 Å². The van der Waals surface area contributed by atoms with E-state index in [1.54, 1.807) is 11.6 Å². The second-order valence-electron chi connectivity index (χ2n) is 4.69. The minimum Gasteiger partial charge on any atom is -0.383 e. The van der Waals surface area contributed by atoms with Crippen molar-refractivity contribution in [2.45, 2.75) is 24.9 Å². The molecule has 0 fully saturated rings. The van der Waals surface area contributed by atoms with E-state index >= 15 is 0 Å². The highest BCUT2D eigenvalue weighted by atomic mass is 35.5. The molecule has 1 unspecified atom stereocenters. The fourth-order valence-corrected chi connectivity index (χ4v) is 4.60. The van der Waals surface area contributed by atoms with E-state index in [1.165, 1.54) is 22.8 Å². The lowest BCUT2D eigenvalue weighted by molar-refractivity contribution is 0.157. The molecule has 112 valence electrons. The van der Waals surface area contributed by atoms with Gasteiger partial charge in [0.1, 0.15) is 0 Å². The van der Waals surface area contributed by atoms with Crippen molar-refractivity contribution in [1.29, 1.82) is 0 Å². The average molecular weight is 338 g/mol. The predicted octanol–water partition coefficient (Wildman–Crippen LogP) is 2.00. The number of nitrogens with zero attached hydrogens (tertiary/aromatic N) is 2. The van der Waals surface area contributed by atoms with E-state index in [2.05, 4.69) is 9.71 Å². The summed E-state index contributed by atoms with van der Waals surface area (Å²) in [5, 5.41) is 1.70. The Morgan fingerprint density at radius 1 is 1.55 bits per heavy atom. The monoisotopic (exact) mass is 337 g/mol. The summed E-state index contributed by atoms with van der Waals surface area (Å²) in [5.41, 5.74) is 0. The third-order valence-electron chi connectivity index (χ3n) is 2.89. The van der Waals surface area contributed by atoms with Gasteiger partial charge in [-0.25, -0.2) is 18.1 Å². The highest BCUT2D eigenvalue weighted by Gasteiger charge is 2.28. The molecule has 0 radical (unpaired) electrons. The van der Waals surface area contributed by atoms with Gasteiger partial charge < -0.3 is 4.74 Å². The fourth-order valence-electron chi connectivity index (χ4n) is 1.78. The van der Waals surface area contributed by atoms with Crippen molar-refractivity contribution in [1.82, 2.24) is 14.1 Å². The summed E-state index contributed by atoms with van der Waals surface area (Å²) in [6, 6.07) is -0.328. The maximum Gasteiger partial charge on any atom is 0.260 e. The lowest BCUT2D eigenvalue weighted by Crippen LogP contribution is -2.42. The van der Waals surface area contributed by atoms with Crippen molar-refractivity contribution >= 4 is 37.9 Å². The van der Waals surface area contributed by atoms with Gasteiger partial charge in [-0.2, -0.15) is 0 Å². The molecule has 0 aliphatic carbocycles. The zero-order valence-electron chi connectivity index (χ0n) is 11.3. The molecule has 6 nitrogen and oxygen atoms in total. The molecular formula is C11H16ClN3O3S2. The van der Waals surface area contributed by atoms with Crippen molar-refractivity contribution in [3.63, 3.8) is 0 Å². The first-order valence-corrected chi connectivity index (χ1v) is 8.73. The number of halogens is 1. The first kappa shape index (κ1) is 15.7. The number of nitrogens with one attached hydrogen (secondary N) is 1. The molecule has 20 heavy (non-hydrogen) atoms. The van der Waals surface area contributed by atoms with Crippen LogP contribution in [0, 0.1) is 5.92 Å². The highest BCUT2D eigenvalue weighted by Crippen LogP contribution is 2.25. The van der Waals surface area contributed by atoms with Crippen LogP contribution >= 0.6 is 22.9 Å². The Labute approximate surface area is 126 Å². The van der Waals surface area contributed by atoms with Gasteiger partial charge in [0.15, 0.2) is 15.1 Å². The van der Waals surface area contributed by atoms with E-state index in [1.807, 2.05) is 13.8 Å². The average Bonchev–Trinajstić information content (AvgIpc) is 2.86. The van der Waals surface area contributed by atoms with E-state index < -0.39 is 10.0 Å². The minimum absolute atomic E-state index is 0.0238. The van der Waals surface area contributed by atoms with Crippen molar-refractivity contribution in [2.75, 3.05) is 13.7 Å². The molecule has 2 heterocycles. The standard InChI is InChI=1S/C11H16ClN3O3S2/c1-7(2)8(6-18-3)14-20(16,17)10-9(12)13-11-15(10)4-5-19-11/h4-5,7-8,14H,6H2,1-3H3. The predicted molar refractivity (Wildman–Crippen MR) is 78.9 cm³/mol. The molecule has 2 aromatic heterocycles. The minimum atomic E-state index is -3.77. The van der Waals surface area contributed by atoms with Gasteiger partial charge in [-0.05, 0) is 5.92 Å².